The van der Waals surface area contributed by atoms with Gasteiger partial charge in [0.2, 0.25) is 0 Å². The van der Waals surface area contributed by atoms with Crippen molar-refractivity contribution in [2.45, 2.75) is 44.3 Å². The summed E-state index contributed by atoms with van der Waals surface area (Å²) >= 11 is 1.89. The lowest BCUT2D eigenvalue weighted by molar-refractivity contribution is 0.342. The minimum atomic E-state index is 0.430. The number of benzene rings is 1. The number of nitrogens with one attached hydrogen (secondary N) is 1. The highest BCUT2D eigenvalue weighted by Gasteiger charge is 2.17. The van der Waals surface area contributed by atoms with Crippen LogP contribution in [-0.2, 0) is 6.54 Å². The third-order valence-corrected chi connectivity index (χ3v) is 5.19. The lowest BCUT2D eigenvalue weighted by Crippen LogP contribution is -2.36. The monoisotopic (exact) mass is 286 g/mol. The summed E-state index contributed by atoms with van der Waals surface area (Å²) in [5.74, 6) is 0. The summed E-state index contributed by atoms with van der Waals surface area (Å²) in [6, 6.07) is 16.2. The number of hydrogen-bond acceptors (Lipinski definition) is 3. The van der Waals surface area contributed by atoms with Crippen molar-refractivity contribution in [3.8, 4) is 10.4 Å². The van der Waals surface area contributed by atoms with Gasteiger partial charge in [0, 0.05) is 28.4 Å². The van der Waals surface area contributed by atoms with E-state index < -0.39 is 0 Å². The maximum atomic E-state index is 5.95. The molecule has 3 rings (SSSR count). The molecule has 0 unspecified atom stereocenters. The molecule has 3 N–H and O–H groups in total. The second-order valence-corrected chi connectivity index (χ2v) is 6.79. The van der Waals surface area contributed by atoms with Crippen LogP contribution in [0.5, 0.6) is 0 Å². The summed E-state index contributed by atoms with van der Waals surface area (Å²) in [5.41, 5.74) is 7.26. The van der Waals surface area contributed by atoms with Gasteiger partial charge < -0.3 is 11.1 Å². The molecule has 0 atom stereocenters. The van der Waals surface area contributed by atoms with E-state index in [0.29, 0.717) is 12.1 Å². The van der Waals surface area contributed by atoms with Gasteiger partial charge in [-0.1, -0.05) is 30.3 Å². The summed E-state index contributed by atoms with van der Waals surface area (Å²) in [6.07, 6.45) is 4.77. The van der Waals surface area contributed by atoms with Crippen LogP contribution in [0.2, 0.25) is 0 Å². The zero-order valence-corrected chi connectivity index (χ0v) is 12.5. The SMILES string of the molecule is NC1CCC(NCc2ccc(-c3ccccc3)s2)CC1. The van der Waals surface area contributed by atoms with Gasteiger partial charge in [-0.15, -0.1) is 11.3 Å². The maximum absolute atomic E-state index is 5.95. The van der Waals surface area contributed by atoms with Crippen LogP contribution in [0, 0.1) is 0 Å². The Hall–Kier alpha value is -1.16. The summed E-state index contributed by atoms with van der Waals surface area (Å²) in [6.45, 7) is 0.984. The molecule has 1 fully saturated rings. The molecule has 0 saturated heterocycles. The van der Waals surface area contributed by atoms with E-state index in [2.05, 4.69) is 47.8 Å². The molecule has 0 radical (unpaired) electrons. The molecule has 3 heteroatoms. The molecule has 106 valence electrons. The highest BCUT2D eigenvalue weighted by Crippen LogP contribution is 2.28. The van der Waals surface area contributed by atoms with E-state index in [4.69, 9.17) is 5.73 Å². The molecule has 1 aromatic heterocycles. The molecule has 0 spiro atoms. The van der Waals surface area contributed by atoms with Gasteiger partial charge in [0.05, 0.1) is 0 Å². The van der Waals surface area contributed by atoms with E-state index in [1.165, 1.54) is 28.2 Å². The van der Waals surface area contributed by atoms with Crippen LogP contribution in [0.1, 0.15) is 30.6 Å². The van der Waals surface area contributed by atoms with Crippen molar-refractivity contribution in [1.29, 1.82) is 0 Å². The van der Waals surface area contributed by atoms with Gasteiger partial charge in [0.15, 0.2) is 0 Å². The van der Waals surface area contributed by atoms with Crippen LogP contribution in [0.3, 0.4) is 0 Å². The van der Waals surface area contributed by atoms with Crippen molar-refractivity contribution in [1.82, 2.24) is 5.32 Å². The Morgan fingerprint density at radius 2 is 1.75 bits per heavy atom. The fourth-order valence-electron chi connectivity index (χ4n) is 2.80. The molecule has 2 aromatic rings. The van der Waals surface area contributed by atoms with Gasteiger partial charge in [0.25, 0.3) is 0 Å². The minimum Gasteiger partial charge on any atom is -0.328 e. The highest BCUT2D eigenvalue weighted by molar-refractivity contribution is 7.15. The average molecular weight is 286 g/mol. The largest absolute Gasteiger partial charge is 0.328 e. The van der Waals surface area contributed by atoms with E-state index >= 15 is 0 Å². The van der Waals surface area contributed by atoms with Crippen LogP contribution in [0.15, 0.2) is 42.5 Å². The molecule has 1 aromatic carbocycles. The molecule has 0 aliphatic heterocycles. The number of rotatable bonds is 4. The van der Waals surface area contributed by atoms with Crippen LogP contribution < -0.4 is 11.1 Å². The van der Waals surface area contributed by atoms with Crippen molar-refractivity contribution in [2.24, 2.45) is 5.73 Å². The lowest BCUT2D eigenvalue weighted by atomic mass is 9.92. The Balaban J connectivity index is 1.55. The molecule has 0 amide bonds. The van der Waals surface area contributed by atoms with Crippen LogP contribution >= 0.6 is 11.3 Å². The van der Waals surface area contributed by atoms with Crippen molar-refractivity contribution in [3.05, 3.63) is 47.3 Å². The van der Waals surface area contributed by atoms with Crippen LogP contribution in [0.4, 0.5) is 0 Å². The number of thiophene rings is 1. The lowest BCUT2D eigenvalue weighted by Gasteiger charge is -2.26. The van der Waals surface area contributed by atoms with Crippen molar-refractivity contribution < 1.29 is 0 Å². The average Bonchev–Trinajstić information content (AvgIpc) is 2.97. The zero-order valence-electron chi connectivity index (χ0n) is 11.7. The molecule has 1 aliphatic rings. The molecule has 1 heterocycles. The Morgan fingerprint density at radius 3 is 2.50 bits per heavy atom. The van der Waals surface area contributed by atoms with E-state index in [0.717, 1.165) is 19.4 Å². The third-order valence-electron chi connectivity index (χ3n) is 4.06. The summed E-state index contributed by atoms with van der Waals surface area (Å²) in [4.78, 5) is 2.77. The van der Waals surface area contributed by atoms with Gasteiger partial charge in [-0.25, -0.2) is 0 Å². The molecule has 2 nitrogen and oxygen atoms in total. The van der Waals surface area contributed by atoms with Gasteiger partial charge in [-0.2, -0.15) is 0 Å². The van der Waals surface area contributed by atoms with Crippen molar-refractivity contribution >= 4 is 11.3 Å². The molecule has 0 bridgehead atoms. The standard InChI is InChI=1S/C17H22N2S/c18-14-6-8-15(9-7-14)19-12-16-10-11-17(20-16)13-4-2-1-3-5-13/h1-5,10-11,14-15,19H,6-9,12,18H2. The van der Waals surface area contributed by atoms with E-state index in [9.17, 15) is 0 Å². The first-order valence-electron chi connectivity index (χ1n) is 7.44. The Morgan fingerprint density at radius 1 is 1.00 bits per heavy atom. The molecular weight excluding hydrogens is 264 g/mol. The maximum Gasteiger partial charge on any atom is 0.0346 e. The van der Waals surface area contributed by atoms with Gasteiger partial charge in [-0.3, -0.25) is 0 Å². The second kappa shape index (κ2) is 6.53. The summed E-state index contributed by atoms with van der Waals surface area (Å²) in [5, 5.41) is 3.68. The quantitative estimate of drug-likeness (QED) is 0.898. The number of hydrogen-bond donors (Lipinski definition) is 2. The Bertz CT molecular complexity index is 527. The fourth-order valence-corrected chi connectivity index (χ4v) is 3.76. The predicted molar refractivity (Wildman–Crippen MR) is 86.8 cm³/mol. The minimum absolute atomic E-state index is 0.430. The van der Waals surface area contributed by atoms with Crippen LogP contribution in [-0.4, -0.2) is 12.1 Å². The molecule has 20 heavy (non-hydrogen) atoms. The predicted octanol–water partition coefficient (Wildman–Crippen LogP) is 3.77. The molecule has 1 aliphatic carbocycles. The van der Waals surface area contributed by atoms with E-state index in [1.807, 2.05) is 11.3 Å². The van der Waals surface area contributed by atoms with Gasteiger partial charge in [0.1, 0.15) is 0 Å². The number of nitrogens with two attached hydrogens (primary N) is 1. The molecular formula is C17H22N2S. The van der Waals surface area contributed by atoms with Crippen molar-refractivity contribution in [2.75, 3.05) is 0 Å². The van der Waals surface area contributed by atoms with Crippen molar-refractivity contribution in [3.63, 3.8) is 0 Å². The highest BCUT2D eigenvalue weighted by atomic mass is 32.1. The first-order chi connectivity index (χ1) is 9.81. The van der Waals surface area contributed by atoms with Gasteiger partial charge in [-0.05, 0) is 43.4 Å². The van der Waals surface area contributed by atoms with Gasteiger partial charge >= 0.3 is 0 Å². The van der Waals surface area contributed by atoms with E-state index in [-0.39, 0.29) is 0 Å². The third kappa shape index (κ3) is 3.48. The summed E-state index contributed by atoms with van der Waals surface area (Å²) < 4.78 is 0. The fraction of sp³-hybridized carbons (Fsp3) is 0.412. The zero-order chi connectivity index (χ0) is 13.8. The molecule has 1 saturated carbocycles. The smallest absolute Gasteiger partial charge is 0.0346 e. The van der Waals surface area contributed by atoms with Crippen LogP contribution in [0.25, 0.3) is 10.4 Å². The topological polar surface area (TPSA) is 38.0 Å². The van der Waals surface area contributed by atoms with E-state index in [1.54, 1.807) is 0 Å². The Kier molecular flexibility index (Phi) is 4.51. The first kappa shape index (κ1) is 13.8. The first-order valence-corrected chi connectivity index (χ1v) is 8.26. The second-order valence-electron chi connectivity index (χ2n) is 5.62. The summed E-state index contributed by atoms with van der Waals surface area (Å²) in [7, 11) is 0. The normalized spacial score (nSPS) is 22.9. The Labute approximate surface area is 125 Å².